The molecule has 1 aliphatic carbocycles. The molecule has 0 aromatic heterocycles. The van der Waals surface area contributed by atoms with Crippen LogP contribution in [0, 0.1) is 17.8 Å². The summed E-state index contributed by atoms with van der Waals surface area (Å²) in [5, 5.41) is 11.1. The Kier molecular flexibility index (Phi) is 5.67. The molecule has 0 bridgehead atoms. The van der Waals surface area contributed by atoms with Gasteiger partial charge in [0, 0.05) is 5.54 Å². The second-order valence-electron chi connectivity index (χ2n) is 6.93. The molecular weight excluding hydrogens is 272 g/mol. The molecule has 0 aliphatic heterocycles. The van der Waals surface area contributed by atoms with E-state index in [2.05, 4.69) is 55.3 Å². The Morgan fingerprint density at radius 3 is 2.24 bits per heavy atom. The molecule has 2 atom stereocenters. The minimum absolute atomic E-state index is 0.454. The van der Waals surface area contributed by atoms with Gasteiger partial charge in [-0.1, -0.05) is 79.7 Å². The Morgan fingerprint density at radius 2 is 1.67 bits per heavy atom. The molecule has 1 aromatic carbocycles. The quantitative estimate of drug-likeness (QED) is 0.662. The smallest absolute Gasteiger partial charge is 0.111 e. The van der Waals surface area contributed by atoms with Crippen molar-refractivity contribution < 1.29 is 5.11 Å². The molecule has 2 rings (SSSR count). The monoisotopic (exact) mass is 300 g/mol. The molecular formula is C19H28OSi. The van der Waals surface area contributed by atoms with E-state index in [1.165, 1.54) is 37.3 Å². The van der Waals surface area contributed by atoms with Crippen molar-refractivity contribution in [3.8, 4) is 11.8 Å². The summed E-state index contributed by atoms with van der Waals surface area (Å²) in [5.74, 6) is 7.26. The van der Waals surface area contributed by atoms with Crippen LogP contribution in [0.15, 0.2) is 30.3 Å². The van der Waals surface area contributed by atoms with Crippen molar-refractivity contribution in [1.29, 1.82) is 0 Å². The second kappa shape index (κ2) is 7.29. The van der Waals surface area contributed by atoms with Gasteiger partial charge >= 0.3 is 0 Å². The average Bonchev–Trinajstić information content (AvgIpc) is 2.49. The number of hydrogen-bond donors (Lipinski definition) is 1. The zero-order valence-corrected chi connectivity index (χ0v) is 14.6. The fourth-order valence-electron chi connectivity index (χ4n) is 3.61. The van der Waals surface area contributed by atoms with Gasteiger partial charge in [-0.3, -0.25) is 0 Å². The highest BCUT2D eigenvalue weighted by Gasteiger charge is 2.38. The fraction of sp³-hybridized carbons (Fsp3) is 0.579. The predicted molar refractivity (Wildman–Crippen MR) is 93.3 cm³/mol. The molecule has 2 unspecified atom stereocenters. The van der Waals surface area contributed by atoms with E-state index in [0.717, 1.165) is 0 Å². The molecule has 0 spiro atoms. The minimum Gasteiger partial charge on any atom is -0.381 e. The van der Waals surface area contributed by atoms with Gasteiger partial charge in [0.25, 0.3) is 0 Å². The van der Waals surface area contributed by atoms with Crippen molar-refractivity contribution in [2.24, 2.45) is 5.92 Å². The van der Waals surface area contributed by atoms with Gasteiger partial charge in [-0.2, -0.15) is 0 Å². The molecule has 1 nitrogen and oxygen atoms in total. The molecule has 21 heavy (non-hydrogen) atoms. The second-order valence-corrected chi connectivity index (χ2v) is 11.6. The van der Waals surface area contributed by atoms with Crippen LogP contribution in [0.1, 0.15) is 39.0 Å². The lowest BCUT2D eigenvalue weighted by Gasteiger charge is -2.37. The van der Waals surface area contributed by atoms with Crippen molar-refractivity contribution in [3.63, 3.8) is 0 Å². The van der Waals surface area contributed by atoms with Crippen LogP contribution in [-0.4, -0.2) is 19.3 Å². The van der Waals surface area contributed by atoms with Crippen LogP contribution in [-0.2, 0) is 0 Å². The van der Waals surface area contributed by atoms with Crippen molar-refractivity contribution in [2.45, 2.75) is 63.8 Å². The van der Waals surface area contributed by atoms with E-state index in [-0.39, 0.29) is 0 Å². The van der Waals surface area contributed by atoms with E-state index >= 15 is 0 Å². The van der Waals surface area contributed by atoms with Crippen molar-refractivity contribution in [1.82, 2.24) is 0 Å². The Morgan fingerprint density at radius 1 is 1.05 bits per heavy atom. The van der Waals surface area contributed by atoms with Crippen LogP contribution in [0.4, 0.5) is 0 Å². The normalized spacial score (nSPS) is 19.4. The standard InChI is InChI=1S/C19H28OSi/c1-16(20)14-15-19(17-10-6-4-7-11-17)21(2,3)18-12-8-5-9-13-18/h5,8-9,12-13,16-17,19-20H,4,6-7,10-11H2,1-3H3. The summed E-state index contributed by atoms with van der Waals surface area (Å²) in [6.45, 7) is 6.65. The lowest BCUT2D eigenvalue weighted by Crippen LogP contribution is -2.48. The van der Waals surface area contributed by atoms with E-state index in [1.54, 1.807) is 6.92 Å². The molecule has 0 amide bonds. The first-order valence-electron chi connectivity index (χ1n) is 8.26. The molecule has 1 fully saturated rings. The summed E-state index contributed by atoms with van der Waals surface area (Å²) in [7, 11) is -1.65. The number of benzene rings is 1. The highest BCUT2D eigenvalue weighted by Crippen LogP contribution is 2.38. The predicted octanol–water partition coefficient (Wildman–Crippen LogP) is 3.94. The number of hydrogen-bond acceptors (Lipinski definition) is 1. The van der Waals surface area contributed by atoms with E-state index < -0.39 is 14.2 Å². The van der Waals surface area contributed by atoms with E-state index in [0.29, 0.717) is 11.5 Å². The fourth-order valence-corrected chi connectivity index (χ4v) is 6.98. The summed E-state index contributed by atoms with van der Waals surface area (Å²) in [5.41, 5.74) is 0.454. The first-order chi connectivity index (χ1) is 10.0. The van der Waals surface area contributed by atoms with Gasteiger partial charge in [0.05, 0.1) is 8.07 Å². The third kappa shape index (κ3) is 4.22. The van der Waals surface area contributed by atoms with Crippen LogP contribution in [0.3, 0.4) is 0 Å². The van der Waals surface area contributed by atoms with Gasteiger partial charge in [0.1, 0.15) is 6.10 Å². The van der Waals surface area contributed by atoms with Crippen LogP contribution < -0.4 is 5.19 Å². The zero-order chi connectivity index (χ0) is 15.3. The summed E-state index contributed by atoms with van der Waals surface area (Å²) in [6, 6.07) is 10.9. The van der Waals surface area contributed by atoms with E-state index in [1.807, 2.05) is 0 Å². The van der Waals surface area contributed by atoms with Crippen molar-refractivity contribution in [2.75, 3.05) is 0 Å². The zero-order valence-electron chi connectivity index (χ0n) is 13.6. The molecule has 1 N–H and O–H groups in total. The lowest BCUT2D eigenvalue weighted by atomic mass is 9.86. The maximum atomic E-state index is 9.58. The largest absolute Gasteiger partial charge is 0.381 e. The van der Waals surface area contributed by atoms with Crippen LogP contribution >= 0.6 is 0 Å². The van der Waals surface area contributed by atoms with Crippen LogP contribution in [0.5, 0.6) is 0 Å². The first-order valence-corrected chi connectivity index (χ1v) is 11.3. The van der Waals surface area contributed by atoms with Crippen LogP contribution in [0.25, 0.3) is 0 Å². The minimum atomic E-state index is -1.65. The third-order valence-electron chi connectivity index (χ3n) is 4.86. The SMILES string of the molecule is CC(O)C#CC(C1CCCCC1)[Si](C)(C)c1ccccc1. The Bertz CT molecular complexity index is 489. The van der Waals surface area contributed by atoms with E-state index in [9.17, 15) is 5.11 Å². The Labute approximate surface area is 130 Å². The molecule has 1 saturated carbocycles. The summed E-state index contributed by atoms with van der Waals surface area (Å²) >= 11 is 0. The Hall–Kier alpha value is -1.04. The maximum absolute atomic E-state index is 9.58. The van der Waals surface area contributed by atoms with Gasteiger partial charge in [-0.05, 0) is 25.7 Å². The number of aliphatic hydroxyl groups excluding tert-OH is 1. The highest BCUT2D eigenvalue weighted by molar-refractivity contribution is 6.91. The molecule has 1 aliphatic rings. The summed E-state index contributed by atoms with van der Waals surface area (Å²) < 4.78 is 0. The molecule has 2 heteroatoms. The van der Waals surface area contributed by atoms with Gasteiger partial charge < -0.3 is 5.11 Å². The molecule has 0 saturated heterocycles. The summed E-state index contributed by atoms with van der Waals surface area (Å²) in [4.78, 5) is 0. The molecule has 0 radical (unpaired) electrons. The average molecular weight is 301 g/mol. The van der Waals surface area contributed by atoms with Crippen molar-refractivity contribution >= 4 is 13.3 Å². The molecule has 1 aromatic rings. The molecule has 0 heterocycles. The van der Waals surface area contributed by atoms with E-state index in [4.69, 9.17) is 0 Å². The van der Waals surface area contributed by atoms with Gasteiger partial charge in [0.2, 0.25) is 0 Å². The third-order valence-corrected chi connectivity index (χ3v) is 8.86. The highest BCUT2D eigenvalue weighted by atomic mass is 28.3. The van der Waals surface area contributed by atoms with Gasteiger partial charge in [-0.25, -0.2) is 0 Å². The Balaban J connectivity index is 2.31. The number of aliphatic hydroxyl groups is 1. The number of rotatable bonds is 3. The maximum Gasteiger partial charge on any atom is 0.111 e. The van der Waals surface area contributed by atoms with Crippen LogP contribution in [0.2, 0.25) is 18.6 Å². The first kappa shape index (κ1) is 16.3. The van der Waals surface area contributed by atoms with Crippen molar-refractivity contribution in [3.05, 3.63) is 30.3 Å². The van der Waals surface area contributed by atoms with Gasteiger partial charge in [0.15, 0.2) is 0 Å². The lowest BCUT2D eigenvalue weighted by molar-refractivity contribution is 0.253. The molecule has 114 valence electrons. The van der Waals surface area contributed by atoms with Gasteiger partial charge in [-0.15, -0.1) is 0 Å². The topological polar surface area (TPSA) is 20.2 Å². The summed E-state index contributed by atoms with van der Waals surface area (Å²) in [6.07, 6.45) is 6.16.